The fraction of sp³-hybridized carbons (Fsp3) is 0.833. The highest BCUT2D eigenvalue weighted by atomic mass is 16.5. The Morgan fingerprint density at radius 2 is 1.88 bits per heavy atom. The Labute approximate surface area is 102 Å². The number of hydrogen-bond acceptors (Lipinski definition) is 4. The first kappa shape index (κ1) is 14.1. The molecule has 1 saturated heterocycles. The number of likely N-dealkylation sites (N-methyl/N-ethyl adjacent to an activating group) is 1. The Bertz CT molecular complexity index is 282. The lowest BCUT2D eigenvalue weighted by Gasteiger charge is -2.36. The summed E-state index contributed by atoms with van der Waals surface area (Å²) in [6, 6.07) is -0.00545. The van der Waals surface area contributed by atoms with E-state index in [0.29, 0.717) is 26.0 Å². The second-order valence-corrected chi connectivity index (χ2v) is 5.36. The van der Waals surface area contributed by atoms with Crippen molar-refractivity contribution in [1.29, 1.82) is 0 Å². The van der Waals surface area contributed by atoms with E-state index in [1.807, 2.05) is 13.8 Å². The van der Waals surface area contributed by atoms with Crippen molar-refractivity contribution in [2.45, 2.75) is 32.7 Å². The molecule has 0 aliphatic carbocycles. The third kappa shape index (κ3) is 3.78. The first-order chi connectivity index (χ1) is 7.89. The number of rotatable bonds is 5. The highest BCUT2D eigenvalue weighted by Gasteiger charge is 2.37. The highest BCUT2D eigenvalue weighted by Crippen LogP contribution is 2.31. The molecule has 0 aromatic carbocycles. The van der Waals surface area contributed by atoms with Crippen LogP contribution in [0, 0.1) is 5.41 Å². The van der Waals surface area contributed by atoms with Gasteiger partial charge in [0.1, 0.15) is 0 Å². The number of amides is 2. The number of hydrogen-bond donors (Lipinski definition) is 1. The molecule has 98 valence electrons. The number of piperidine rings is 1. The van der Waals surface area contributed by atoms with Crippen LogP contribution in [0.5, 0.6) is 0 Å². The predicted molar refractivity (Wildman–Crippen MR) is 64.5 cm³/mol. The number of imide groups is 1. The van der Waals surface area contributed by atoms with Gasteiger partial charge in [-0.3, -0.25) is 14.5 Å². The zero-order chi connectivity index (χ0) is 13.1. The topological polar surface area (TPSA) is 58.6 Å². The molecule has 1 fully saturated rings. The van der Waals surface area contributed by atoms with Gasteiger partial charge in [-0.15, -0.1) is 0 Å². The van der Waals surface area contributed by atoms with Crippen LogP contribution in [-0.4, -0.2) is 50.1 Å². The van der Waals surface area contributed by atoms with E-state index in [4.69, 9.17) is 4.74 Å². The minimum atomic E-state index is -0.207. The van der Waals surface area contributed by atoms with Crippen LogP contribution in [0.2, 0.25) is 0 Å². The van der Waals surface area contributed by atoms with Gasteiger partial charge in [-0.05, 0) is 12.5 Å². The van der Waals surface area contributed by atoms with Crippen LogP contribution < -0.4 is 5.32 Å². The van der Waals surface area contributed by atoms with Gasteiger partial charge < -0.3 is 10.1 Å². The summed E-state index contributed by atoms with van der Waals surface area (Å²) in [5, 5.41) is 3.04. The van der Waals surface area contributed by atoms with Crippen LogP contribution in [-0.2, 0) is 14.3 Å². The summed E-state index contributed by atoms with van der Waals surface area (Å²) in [5.41, 5.74) is -0.207. The second kappa shape index (κ2) is 5.60. The maximum absolute atomic E-state index is 11.9. The molecule has 1 aliphatic rings. The van der Waals surface area contributed by atoms with Crippen molar-refractivity contribution >= 4 is 11.8 Å². The van der Waals surface area contributed by atoms with E-state index >= 15 is 0 Å². The van der Waals surface area contributed by atoms with Crippen LogP contribution in [0.15, 0.2) is 0 Å². The van der Waals surface area contributed by atoms with Crippen molar-refractivity contribution in [1.82, 2.24) is 10.2 Å². The minimum Gasteiger partial charge on any atom is -0.383 e. The van der Waals surface area contributed by atoms with Crippen molar-refractivity contribution in [2.75, 3.05) is 27.3 Å². The molecule has 1 aliphatic heterocycles. The lowest BCUT2D eigenvalue weighted by atomic mass is 9.81. The zero-order valence-corrected chi connectivity index (χ0v) is 11.1. The Balaban J connectivity index is 2.65. The monoisotopic (exact) mass is 242 g/mol. The van der Waals surface area contributed by atoms with Gasteiger partial charge in [0.15, 0.2) is 0 Å². The van der Waals surface area contributed by atoms with Crippen LogP contribution in [0.1, 0.15) is 26.7 Å². The number of ether oxygens (including phenoxy) is 1. The summed E-state index contributed by atoms with van der Waals surface area (Å²) in [6.07, 6.45) is 0.865. The molecule has 1 heterocycles. The normalized spacial score (nSPS) is 21.8. The summed E-state index contributed by atoms with van der Waals surface area (Å²) in [4.78, 5) is 25.2. The fourth-order valence-electron chi connectivity index (χ4n) is 2.06. The molecule has 1 N–H and O–H groups in total. The van der Waals surface area contributed by atoms with Crippen molar-refractivity contribution < 1.29 is 14.3 Å². The Kier molecular flexibility index (Phi) is 4.65. The van der Waals surface area contributed by atoms with E-state index in [1.54, 1.807) is 14.2 Å². The lowest BCUT2D eigenvalue weighted by molar-refractivity contribution is -0.153. The van der Waals surface area contributed by atoms with Crippen molar-refractivity contribution in [2.24, 2.45) is 5.41 Å². The van der Waals surface area contributed by atoms with Gasteiger partial charge in [-0.2, -0.15) is 0 Å². The van der Waals surface area contributed by atoms with Gasteiger partial charge in [0.25, 0.3) is 0 Å². The average molecular weight is 242 g/mol. The van der Waals surface area contributed by atoms with Crippen molar-refractivity contribution in [3.05, 3.63) is 0 Å². The largest absolute Gasteiger partial charge is 0.383 e. The molecule has 1 atom stereocenters. The SMILES string of the molecule is CNC(COC)CN1C(=O)CC(C)(C)CC1=O. The molecule has 0 aromatic rings. The molecular weight excluding hydrogens is 220 g/mol. The summed E-state index contributed by atoms with van der Waals surface area (Å²) in [5.74, 6) is -0.162. The zero-order valence-electron chi connectivity index (χ0n) is 11.1. The number of nitrogens with one attached hydrogen (secondary N) is 1. The van der Waals surface area contributed by atoms with E-state index in [9.17, 15) is 9.59 Å². The molecule has 0 bridgehead atoms. The Hall–Kier alpha value is -0.940. The maximum Gasteiger partial charge on any atom is 0.229 e. The summed E-state index contributed by atoms with van der Waals surface area (Å²) >= 11 is 0. The predicted octanol–water partition coefficient (Wildman–Crippen LogP) is 0.396. The molecule has 5 heteroatoms. The average Bonchev–Trinajstić information content (AvgIpc) is 2.20. The van der Waals surface area contributed by atoms with Gasteiger partial charge in [0, 0.05) is 32.5 Å². The van der Waals surface area contributed by atoms with Gasteiger partial charge in [-0.25, -0.2) is 0 Å². The van der Waals surface area contributed by atoms with E-state index in [-0.39, 0.29) is 23.3 Å². The quantitative estimate of drug-likeness (QED) is 0.709. The van der Waals surface area contributed by atoms with E-state index in [2.05, 4.69) is 5.32 Å². The smallest absolute Gasteiger partial charge is 0.229 e. The molecule has 1 rings (SSSR count). The first-order valence-electron chi connectivity index (χ1n) is 5.89. The lowest BCUT2D eigenvalue weighted by Crippen LogP contribution is -2.52. The van der Waals surface area contributed by atoms with Crippen LogP contribution >= 0.6 is 0 Å². The summed E-state index contributed by atoms with van der Waals surface area (Å²) < 4.78 is 5.04. The molecule has 0 aromatic heterocycles. The van der Waals surface area contributed by atoms with Crippen LogP contribution in [0.3, 0.4) is 0 Å². The number of carbonyl (C=O) groups is 2. The second-order valence-electron chi connectivity index (χ2n) is 5.36. The summed E-state index contributed by atoms with van der Waals surface area (Å²) in [6.45, 7) is 4.77. The summed E-state index contributed by atoms with van der Waals surface area (Å²) in [7, 11) is 3.40. The third-order valence-corrected chi connectivity index (χ3v) is 3.04. The number of carbonyl (C=O) groups excluding carboxylic acids is 2. The number of likely N-dealkylation sites (tertiary alicyclic amines) is 1. The molecule has 0 radical (unpaired) electrons. The third-order valence-electron chi connectivity index (χ3n) is 3.04. The van der Waals surface area contributed by atoms with E-state index in [1.165, 1.54) is 4.90 Å². The van der Waals surface area contributed by atoms with Crippen molar-refractivity contribution in [3.8, 4) is 0 Å². The maximum atomic E-state index is 11.9. The molecule has 17 heavy (non-hydrogen) atoms. The van der Waals surface area contributed by atoms with E-state index < -0.39 is 0 Å². The van der Waals surface area contributed by atoms with Gasteiger partial charge in [-0.1, -0.05) is 13.8 Å². The molecule has 0 saturated carbocycles. The molecule has 0 spiro atoms. The molecule has 1 unspecified atom stereocenters. The number of methoxy groups -OCH3 is 1. The van der Waals surface area contributed by atoms with Gasteiger partial charge in [0.05, 0.1) is 6.61 Å². The van der Waals surface area contributed by atoms with Gasteiger partial charge in [0.2, 0.25) is 11.8 Å². The molecule has 2 amide bonds. The Morgan fingerprint density at radius 1 is 1.35 bits per heavy atom. The minimum absolute atomic E-state index is 0.00545. The van der Waals surface area contributed by atoms with Gasteiger partial charge >= 0.3 is 0 Å². The highest BCUT2D eigenvalue weighted by molar-refractivity contribution is 5.98. The fourth-order valence-corrected chi connectivity index (χ4v) is 2.06. The van der Waals surface area contributed by atoms with Crippen molar-refractivity contribution in [3.63, 3.8) is 0 Å². The van der Waals surface area contributed by atoms with Crippen LogP contribution in [0.25, 0.3) is 0 Å². The first-order valence-corrected chi connectivity index (χ1v) is 5.89. The molecule has 5 nitrogen and oxygen atoms in total. The number of nitrogens with zero attached hydrogens (tertiary/aromatic N) is 1. The molecular formula is C12H22N2O3. The van der Waals surface area contributed by atoms with Crippen LogP contribution in [0.4, 0.5) is 0 Å². The van der Waals surface area contributed by atoms with E-state index in [0.717, 1.165) is 0 Å². The Morgan fingerprint density at radius 3 is 2.29 bits per heavy atom. The standard InChI is InChI=1S/C12H22N2O3/c1-12(2)5-10(15)14(11(16)6-12)7-9(13-3)8-17-4/h9,13H,5-8H2,1-4H3.